The van der Waals surface area contributed by atoms with Crippen LogP contribution in [0.25, 0.3) is 0 Å². The molecule has 0 spiro atoms. The maximum Gasteiger partial charge on any atom is 0.140 e. The highest BCUT2D eigenvalue weighted by atomic mass is 32.1. The van der Waals surface area contributed by atoms with Crippen LogP contribution in [0.3, 0.4) is 0 Å². The van der Waals surface area contributed by atoms with E-state index in [1.165, 1.54) is 5.47 Å². The molecule has 0 aromatic rings. The van der Waals surface area contributed by atoms with Gasteiger partial charge in [0.1, 0.15) is 7.85 Å². The molecule has 0 radical (unpaired) electrons. The Hall–Kier alpha value is -0.625. The number of rotatable bonds is 0. The van der Waals surface area contributed by atoms with Gasteiger partial charge in [-0.3, -0.25) is 0 Å². The monoisotopic (exact) mass is 148 g/mol. The Morgan fingerprint density at radius 1 is 1.50 bits per heavy atom. The third-order valence-electron chi connectivity index (χ3n) is 1.63. The minimum absolute atomic E-state index is 0.935. The molecular weight excluding hydrogens is 139 g/mol. The van der Waals surface area contributed by atoms with Crippen LogP contribution in [0.5, 0.6) is 0 Å². The van der Waals surface area contributed by atoms with Gasteiger partial charge in [-0.2, -0.15) is 0 Å². The van der Waals surface area contributed by atoms with Crippen molar-refractivity contribution in [3.05, 3.63) is 35.3 Å². The Morgan fingerprint density at radius 3 is 2.60 bits per heavy atom. The molecule has 0 saturated carbocycles. The van der Waals surface area contributed by atoms with E-state index in [2.05, 4.69) is 6.58 Å². The zero-order chi connectivity index (χ0) is 7.72. The van der Waals surface area contributed by atoms with Crippen LogP contribution >= 0.6 is 12.2 Å². The number of thiocarbonyl (C=S) groups is 1. The van der Waals surface area contributed by atoms with Gasteiger partial charge in [0.05, 0.1) is 0 Å². The van der Waals surface area contributed by atoms with Crippen molar-refractivity contribution < 1.29 is 0 Å². The predicted octanol–water partition coefficient (Wildman–Crippen LogP) is 1.39. The standard InChI is InChI=1S/C8H9BS/c1-5-3-6(2)8(10)4-7(5)9/h3-4H,1,9H2,2H3. The highest BCUT2D eigenvalue weighted by Crippen LogP contribution is 2.16. The third kappa shape index (κ3) is 1.27. The molecule has 10 heavy (non-hydrogen) atoms. The van der Waals surface area contributed by atoms with Gasteiger partial charge in [-0.15, -0.1) is 0 Å². The van der Waals surface area contributed by atoms with Crippen LogP contribution in [0, 0.1) is 0 Å². The Morgan fingerprint density at radius 2 is 2.10 bits per heavy atom. The molecule has 1 rings (SSSR count). The minimum atomic E-state index is 0.935. The van der Waals surface area contributed by atoms with Crippen LogP contribution in [0.2, 0.25) is 0 Å². The number of allylic oxidation sites excluding steroid dienone is 5. The highest BCUT2D eigenvalue weighted by molar-refractivity contribution is 7.81. The van der Waals surface area contributed by atoms with Crippen molar-refractivity contribution in [1.29, 1.82) is 0 Å². The van der Waals surface area contributed by atoms with Gasteiger partial charge in [0.2, 0.25) is 0 Å². The molecule has 0 unspecified atom stereocenters. The summed E-state index contributed by atoms with van der Waals surface area (Å²) in [6.07, 6.45) is 4.02. The summed E-state index contributed by atoms with van der Waals surface area (Å²) in [6.45, 7) is 5.89. The van der Waals surface area contributed by atoms with Crippen molar-refractivity contribution in [3.8, 4) is 0 Å². The van der Waals surface area contributed by atoms with Crippen LogP contribution in [0.4, 0.5) is 0 Å². The fraction of sp³-hybridized carbons (Fsp3) is 0.125. The van der Waals surface area contributed by atoms with Crippen molar-refractivity contribution in [1.82, 2.24) is 0 Å². The predicted molar refractivity (Wildman–Crippen MR) is 52.1 cm³/mol. The molecule has 0 saturated heterocycles. The Labute approximate surface area is 67.7 Å². The van der Waals surface area contributed by atoms with E-state index < -0.39 is 0 Å². The average Bonchev–Trinajstić information content (AvgIpc) is 1.84. The molecule has 0 amide bonds. The molecular formula is C8H9BS. The van der Waals surface area contributed by atoms with E-state index in [9.17, 15) is 0 Å². The second kappa shape index (κ2) is 2.55. The molecule has 0 aliphatic heterocycles. The largest absolute Gasteiger partial charge is 0.140 e. The Kier molecular flexibility index (Phi) is 1.91. The van der Waals surface area contributed by atoms with Crippen molar-refractivity contribution >= 4 is 24.9 Å². The van der Waals surface area contributed by atoms with Crippen molar-refractivity contribution in [3.63, 3.8) is 0 Å². The average molecular weight is 148 g/mol. The molecule has 1 aliphatic rings. The maximum atomic E-state index is 5.07. The lowest BCUT2D eigenvalue weighted by atomic mass is 9.83. The van der Waals surface area contributed by atoms with Crippen LogP contribution in [0.1, 0.15) is 6.92 Å². The van der Waals surface area contributed by atoms with E-state index >= 15 is 0 Å². The molecule has 0 bridgehead atoms. The molecule has 0 N–H and O–H groups in total. The first-order valence-electron chi connectivity index (χ1n) is 3.21. The summed E-state index contributed by atoms with van der Waals surface area (Å²) in [5.41, 5.74) is 3.40. The van der Waals surface area contributed by atoms with E-state index in [-0.39, 0.29) is 0 Å². The van der Waals surface area contributed by atoms with Gasteiger partial charge in [-0.1, -0.05) is 30.3 Å². The minimum Gasteiger partial charge on any atom is -0.0923 e. The lowest BCUT2D eigenvalue weighted by molar-refractivity contribution is 1.53. The van der Waals surface area contributed by atoms with Gasteiger partial charge >= 0.3 is 0 Å². The van der Waals surface area contributed by atoms with Gasteiger partial charge in [0.25, 0.3) is 0 Å². The summed E-state index contributed by atoms with van der Waals surface area (Å²) in [6, 6.07) is 0. The zero-order valence-corrected chi connectivity index (χ0v) is 7.09. The first kappa shape index (κ1) is 7.48. The summed E-state index contributed by atoms with van der Waals surface area (Å²) >= 11 is 5.07. The van der Waals surface area contributed by atoms with Crippen LogP contribution in [-0.2, 0) is 0 Å². The Balaban J connectivity index is 3.03. The summed E-state index contributed by atoms with van der Waals surface area (Å²) < 4.78 is 0. The van der Waals surface area contributed by atoms with Gasteiger partial charge in [-0.25, -0.2) is 0 Å². The van der Waals surface area contributed by atoms with E-state index in [0.717, 1.165) is 16.0 Å². The Bertz CT molecular complexity index is 230. The molecule has 0 fully saturated rings. The smallest absolute Gasteiger partial charge is 0.0923 e. The molecule has 0 heterocycles. The fourth-order valence-electron chi connectivity index (χ4n) is 0.849. The van der Waals surface area contributed by atoms with Gasteiger partial charge in [0, 0.05) is 4.86 Å². The molecule has 0 aromatic heterocycles. The summed E-state index contributed by atoms with van der Waals surface area (Å²) in [4.78, 5) is 0.935. The first-order chi connectivity index (χ1) is 4.61. The second-order valence-electron chi connectivity index (χ2n) is 2.54. The van der Waals surface area contributed by atoms with Crippen molar-refractivity contribution in [2.75, 3.05) is 0 Å². The van der Waals surface area contributed by atoms with Crippen molar-refractivity contribution in [2.24, 2.45) is 0 Å². The summed E-state index contributed by atoms with van der Waals surface area (Å²) in [5.74, 6) is 0. The zero-order valence-electron chi connectivity index (χ0n) is 6.27. The van der Waals surface area contributed by atoms with E-state index in [0.29, 0.717) is 0 Å². The quantitative estimate of drug-likeness (QED) is 0.369. The summed E-state index contributed by atoms with van der Waals surface area (Å²) in [7, 11) is 2.03. The fourth-order valence-corrected chi connectivity index (χ4v) is 1.09. The third-order valence-corrected chi connectivity index (χ3v) is 2.07. The van der Waals surface area contributed by atoms with E-state index in [1.54, 1.807) is 0 Å². The molecule has 1 aliphatic carbocycles. The highest BCUT2D eigenvalue weighted by Gasteiger charge is 2.05. The number of hydrogen-bond donors (Lipinski definition) is 0. The molecule has 0 atom stereocenters. The lowest BCUT2D eigenvalue weighted by Crippen LogP contribution is -2.01. The normalized spacial score (nSPS) is 18.5. The molecule has 0 nitrogen and oxygen atoms in total. The molecule has 0 aromatic carbocycles. The van der Waals surface area contributed by atoms with Crippen LogP contribution in [0.15, 0.2) is 35.3 Å². The van der Waals surface area contributed by atoms with Crippen molar-refractivity contribution in [2.45, 2.75) is 6.92 Å². The van der Waals surface area contributed by atoms with Gasteiger partial charge in [0.15, 0.2) is 0 Å². The topological polar surface area (TPSA) is 0 Å². The maximum absolute atomic E-state index is 5.07. The molecule has 2 heteroatoms. The lowest BCUT2D eigenvalue weighted by Gasteiger charge is -2.10. The second-order valence-corrected chi connectivity index (χ2v) is 2.98. The SMILES string of the molecule is BC1=CC(=S)C(C)=CC1=C. The van der Waals surface area contributed by atoms with Gasteiger partial charge in [-0.05, 0) is 24.1 Å². The molecule has 50 valence electrons. The number of hydrogen-bond acceptors (Lipinski definition) is 1. The van der Waals surface area contributed by atoms with E-state index in [4.69, 9.17) is 12.2 Å². The van der Waals surface area contributed by atoms with Crippen LogP contribution in [-0.4, -0.2) is 12.7 Å². The van der Waals surface area contributed by atoms with Crippen LogP contribution < -0.4 is 0 Å². The van der Waals surface area contributed by atoms with E-state index in [1.807, 2.05) is 26.9 Å². The summed E-state index contributed by atoms with van der Waals surface area (Å²) in [5, 5.41) is 0. The first-order valence-corrected chi connectivity index (χ1v) is 3.62. The van der Waals surface area contributed by atoms with Gasteiger partial charge < -0.3 is 0 Å².